The molecule has 0 aliphatic heterocycles. The zero-order valence-corrected chi connectivity index (χ0v) is 14.5. The van der Waals surface area contributed by atoms with Crippen LogP contribution in [-0.2, 0) is 0 Å². The van der Waals surface area contributed by atoms with Gasteiger partial charge >= 0.3 is 0 Å². The molecule has 3 heteroatoms. The molecule has 1 aromatic rings. The molecule has 3 nitrogen and oxygen atoms in total. The topological polar surface area (TPSA) is 30.5 Å². The molecule has 1 atom stereocenters. The van der Waals surface area contributed by atoms with E-state index in [1.165, 1.54) is 5.56 Å². The quantitative estimate of drug-likeness (QED) is 0.723. The van der Waals surface area contributed by atoms with Crippen LogP contribution in [0, 0.1) is 5.41 Å². The van der Waals surface area contributed by atoms with Gasteiger partial charge in [-0.3, -0.25) is 0 Å². The highest BCUT2D eigenvalue weighted by atomic mass is 16.5. The normalized spacial score (nSPS) is 13.0. The Kier molecular flexibility index (Phi) is 7.03. The summed E-state index contributed by atoms with van der Waals surface area (Å²) in [5, 5.41) is 3.61. The van der Waals surface area contributed by atoms with Crippen LogP contribution >= 0.6 is 0 Å². The Labute approximate surface area is 130 Å². The number of ether oxygens (including phenoxy) is 2. The first-order valence-corrected chi connectivity index (χ1v) is 8.13. The molecule has 0 radical (unpaired) electrons. The average molecular weight is 293 g/mol. The van der Waals surface area contributed by atoms with E-state index in [0.29, 0.717) is 19.3 Å². The summed E-state index contributed by atoms with van der Waals surface area (Å²) in [5.74, 6) is 1.67. The van der Waals surface area contributed by atoms with E-state index >= 15 is 0 Å². The number of hydrogen-bond acceptors (Lipinski definition) is 3. The van der Waals surface area contributed by atoms with Gasteiger partial charge in [-0.05, 0) is 49.9 Å². The van der Waals surface area contributed by atoms with Crippen LogP contribution in [0.2, 0.25) is 0 Å². The Morgan fingerprint density at radius 1 is 1.00 bits per heavy atom. The van der Waals surface area contributed by atoms with E-state index in [1.807, 2.05) is 19.9 Å². The Morgan fingerprint density at radius 3 is 2.14 bits per heavy atom. The van der Waals surface area contributed by atoms with Gasteiger partial charge in [0.2, 0.25) is 0 Å². The van der Waals surface area contributed by atoms with Gasteiger partial charge in [0, 0.05) is 6.04 Å². The number of benzene rings is 1. The zero-order chi connectivity index (χ0) is 15.9. The first-order valence-electron chi connectivity index (χ1n) is 8.13. The fourth-order valence-electron chi connectivity index (χ4n) is 2.50. The maximum absolute atomic E-state index is 5.75. The Morgan fingerprint density at radius 2 is 1.62 bits per heavy atom. The van der Waals surface area contributed by atoms with Crippen LogP contribution in [0.15, 0.2) is 18.2 Å². The molecular weight excluding hydrogens is 262 g/mol. The second kappa shape index (κ2) is 8.28. The first kappa shape index (κ1) is 17.8. The fraction of sp³-hybridized carbons (Fsp3) is 0.667. The summed E-state index contributed by atoms with van der Waals surface area (Å²) in [7, 11) is 0. The van der Waals surface area contributed by atoms with Gasteiger partial charge in [-0.25, -0.2) is 0 Å². The minimum absolute atomic E-state index is 0.187. The van der Waals surface area contributed by atoms with Crippen molar-refractivity contribution < 1.29 is 9.47 Å². The van der Waals surface area contributed by atoms with Crippen molar-refractivity contribution in [3.8, 4) is 11.5 Å². The predicted molar refractivity (Wildman–Crippen MR) is 89.3 cm³/mol. The van der Waals surface area contributed by atoms with Gasteiger partial charge in [0.25, 0.3) is 0 Å². The molecule has 0 saturated carbocycles. The third-order valence-corrected chi connectivity index (χ3v) is 4.00. The number of rotatable bonds is 9. The Bertz CT molecular complexity index is 429. The third-order valence-electron chi connectivity index (χ3n) is 4.00. The lowest BCUT2D eigenvalue weighted by Crippen LogP contribution is -2.33. The lowest BCUT2D eigenvalue weighted by atomic mass is 9.78. The van der Waals surface area contributed by atoms with Gasteiger partial charge in [0.05, 0.1) is 13.2 Å². The molecule has 0 spiro atoms. The second-order valence-corrected chi connectivity index (χ2v) is 5.91. The fourth-order valence-corrected chi connectivity index (χ4v) is 2.50. The highest BCUT2D eigenvalue weighted by molar-refractivity contribution is 5.44. The van der Waals surface area contributed by atoms with Gasteiger partial charge in [-0.1, -0.05) is 33.8 Å². The van der Waals surface area contributed by atoms with Gasteiger partial charge in [0.15, 0.2) is 11.5 Å². The minimum Gasteiger partial charge on any atom is -0.490 e. The van der Waals surface area contributed by atoms with Crippen molar-refractivity contribution >= 4 is 0 Å². The van der Waals surface area contributed by atoms with Crippen molar-refractivity contribution in [2.75, 3.05) is 19.8 Å². The average Bonchev–Trinajstić information content (AvgIpc) is 2.47. The summed E-state index contributed by atoms with van der Waals surface area (Å²) in [6, 6.07) is 6.61. The van der Waals surface area contributed by atoms with Crippen molar-refractivity contribution in [1.82, 2.24) is 5.32 Å². The highest BCUT2D eigenvalue weighted by Crippen LogP contribution is 2.39. The molecule has 0 heterocycles. The molecule has 1 aromatic carbocycles. The van der Waals surface area contributed by atoms with Crippen LogP contribution in [0.5, 0.6) is 11.5 Å². The summed E-state index contributed by atoms with van der Waals surface area (Å²) in [5.41, 5.74) is 1.45. The molecule has 1 N–H and O–H groups in total. The predicted octanol–water partition coefficient (Wildman–Crippen LogP) is 4.57. The molecule has 0 bridgehead atoms. The molecule has 0 amide bonds. The van der Waals surface area contributed by atoms with Crippen LogP contribution in [0.1, 0.15) is 59.6 Å². The Hall–Kier alpha value is -1.22. The molecule has 0 fully saturated rings. The molecule has 21 heavy (non-hydrogen) atoms. The zero-order valence-electron chi connectivity index (χ0n) is 14.5. The van der Waals surface area contributed by atoms with Gasteiger partial charge in [-0.2, -0.15) is 0 Å². The van der Waals surface area contributed by atoms with E-state index in [9.17, 15) is 0 Å². The van der Waals surface area contributed by atoms with Crippen LogP contribution in [0.3, 0.4) is 0 Å². The Balaban J connectivity index is 3.17. The van der Waals surface area contributed by atoms with Crippen LogP contribution in [-0.4, -0.2) is 19.8 Å². The second-order valence-electron chi connectivity index (χ2n) is 5.91. The maximum Gasteiger partial charge on any atom is 0.161 e. The van der Waals surface area contributed by atoms with E-state index in [2.05, 4.69) is 45.1 Å². The van der Waals surface area contributed by atoms with E-state index in [-0.39, 0.29) is 5.41 Å². The number of nitrogens with one attached hydrogen (secondary N) is 1. The highest BCUT2D eigenvalue weighted by Gasteiger charge is 2.29. The molecule has 1 rings (SSSR count). The lowest BCUT2D eigenvalue weighted by molar-refractivity contribution is 0.235. The van der Waals surface area contributed by atoms with E-state index in [1.54, 1.807) is 0 Å². The molecule has 0 aliphatic carbocycles. The summed E-state index contributed by atoms with van der Waals surface area (Å²) in [6.07, 6.45) is 1.11. The standard InChI is InChI=1S/C18H31NO2/c1-7-18(5,6)17(19-8-2)14-11-12-15(20-9-3)16(13-14)21-10-4/h11-13,17,19H,7-10H2,1-6H3. The van der Waals surface area contributed by atoms with E-state index in [0.717, 1.165) is 24.5 Å². The van der Waals surface area contributed by atoms with Gasteiger partial charge in [-0.15, -0.1) is 0 Å². The molecular formula is C18H31NO2. The molecule has 0 aliphatic rings. The van der Waals surface area contributed by atoms with Gasteiger partial charge < -0.3 is 14.8 Å². The van der Waals surface area contributed by atoms with Crippen molar-refractivity contribution in [1.29, 1.82) is 0 Å². The lowest BCUT2D eigenvalue weighted by Gasteiger charge is -2.35. The minimum atomic E-state index is 0.187. The van der Waals surface area contributed by atoms with Crippen molar-refractivity contribution in [3.05, 3.63) is 23.8 Å². The maximum atomic E-state index is 5.75. The monoisotopic (exact) mass is 293 g/mol. The summed E-state index contributed by atoms with van der Waals surface area (Å²) in [6.45, 7) is 15.2. The smallest absolute Gasteiger partial charge is 0.161 e. The third kappa shape index (κ3) is 4.63. The van der Waals surface area contributed by atoms with Crippen LogP contribution in [0.25, 0.3) is 0 Å². The van der Waals surface area contributed by atoms with Crippen LogP contribution in [0.4, 0.5) is 0 Å². The largest absolute Gasteiger partial charge is 0.490 e. The van der Waals surface area contributed by atoms with E-state index < -0.39 is 0 Å². The summed E-state index contributed by atoms with van der Waals surface area (Å²) < 4.78 is 11.4. The number of hydrogen-bond donors (Lipinski definition) is 1. The molecule has 120 valence electrons. The van der Waals surface area contributed by atoms with Crippen LogP contribution < -0.4 is 14.8 Å². The molecule has 1 unspecified atom stereocenters. The van der Waals surface area contributed by atoms with Crippen molar-refractivity contribution in [3.63, 3.8) is 0 Å². The van der Waals surface area contributed by atoms with E-state index in [4.69, 9.17) is 9.47 Å². The summed E-state index contributed by atoms with van der Waals surface area (Å²) in [4.78, 5) is 0. The first-order chi connectivity index (χ1) is 10.00. The summed E-state index contributed by atoms with van der Waals surface area (Å²) >= 11 is 0. The molecule has 0 aromatic heterocycles. The van der Waals surface area contributed by atoms with Gasteiger partial charge in [0.1, 0.15) is 0 Å². The SMILES string of the molecule is CCNC(c1ccc(OCC)c(OCC)c1)C(C)(C)CC. The van der Waals surface area contributed by atoms with Crippen molar-refractivity contribution in [2.24, 2.45) is 5.41 Å². The molecule has 0 saturated heterocycles. The van der Waals surface area contributed by atoms with Crippen molar-refractivity contribution in [2.45, 2.75) is 54.0 Å².